The second-order valence-electron chi connectivity index (χ2n) is 6.00. The molecule has 0 saturated heterocycles. The van der Waals surface area contributed by atoms with E-state index in [0.29, 0.717) is 28.7 Å². The van der Waals surface area contributed by atoms with E-state index in [-0.39, 0.29) is 5.91 Å². The van der Waals surface area contributed by atoms with Crippen molar-refractivity contribution in [2.45, 2.75) is 6.61 Å². The van der Waals surface area contributed by atoms with Gasteiger partial charge >= 0.3 is 0 Å². The van der Waals surface area contributed by atoms with Crippen LogP contribution in [-0.2, 0) is 6.61 Å². The fourth-order valence-corrected chi connectivity index (χ4v) is 3.18. The van der Waals surface area contributed by atoms with E-state index in [1.807, 2.05) is 42.5 Å². The summed E-state index contributed by atoms with van der Waals surface area (Å²) in [5.41, 5.74) is 4.67. The maximum absolute atomic E-state index is 12.2. The fraction of sp³-hybridized carbons (Fsp3) is 0.0909. The first kappa shape index (κ1) is 20.9. The van der Waals surface area contributed by atoms with Crippen LogP contribution in [0.4, 0.5) is 0 Å². The summed E-state index contributed by atoms with van der Waals surface area (Å²) in [6, 6.07) is 19.9. The van der Waals surface area contributed by atoms with Crippen molar-refractivity contribution in [3.63, 3.8) is 0 Å². The largest absolute Gasteiger partial charge is 0.497 e. The molecule has 1 amide bonds. The minimum absolute atomic E-state index is 0.320. The summed E-state index contributed by atoms with van der Waals surface area (Å²) in [6.45, 7) is 0.363. The molecule has 0 unspecified atom stereocenters. The summed E-state index contributed by atoms with van der Waals surface area (Å²) in [7, 11) is 1.55. The molecule has 3 rings (SSSR count). The Morgan fingerprint density at radius 2 is 1.97 bits per heavy atom. The minimum Gasteiger partial charge on any atom is -0.497 e. The second kappa shape index (κ2) is 10.1. The number of nitrogens with zero attached hydrogens (tertiary/aromatic N) is 1. The van der Waals surface area contributed by atoms with Gasteiger partial charge in [0.05, 0.1) is 17.8 Å². The number of carbonyl (C=O) groups excluding carboxylic acids is 1. The molecular formula is C22H18BrClN2O3. The van der Waals surface area contributed by atoms with Gasteiger partial charge in [-0.25, -0.2) is 5.43 Å². The molecule has 148 valence electrons. The van der Waals surface area contributed by atoms with Crippen molar-refractivity contribution in [1.29, 1.82) is 0 Å². The third-order valence-electron chi connectivity index (χ3n) is 4.01. The van der Waals surface area contributed by atoms with E-state index >= 15 is 0 Å². The molecule has 3 aromatic carbocycles. The molecule has 0 aromatic heterocycles. The van der Waals surface area contributed by atoms with Gasteiger partial charge < -0.3 is 9.47 Å². The van der Waals surface area contributed by atoms with Crippen LogP contribution in [0.1, 0.15) is 21.5 Å². The molecule has 5 nitrogen and oxygen atoms in total. The maximum atomic E-state index is 12.2. The molecule has 0 bridgehead atoms. The summed E-state index contributed by atoms with van der Waals surface area (Å²) < 4.78 is 11.7. The quantitative estimate of drug-likeness (QED) is 0.366. The van der Waals surface area contributed by atoms with Crippen LogP contribution in [0.2, 0.25) is 5.02 Å². The summed E-state index contributed by atoms with van der Waals surface area (Å²) in [6.07, 6.45) is 1.56. The van der Waals surface area contributed by atoms with Crippen LogP contribution in [0.25, 0.3) is 0 Å². The Kier molecular flexibility index (Phi) is 7.27. The first-order valence-corrected chi connectivity index (χ1v) is 9.87. The number of halogens is 2. The first-order valence-electron chi connectivity index (χ1n) is 8.70. The van der Waals surface area contributed by atoms with Gasteiger partial charge in [-0.15, -0.1) is 0 Å². The van der Waals surface area contributed by atoms with Crippen LogP contribution >= 0.6 is 27.5 Å². The molecule has 0 radical (unpaired) electrons. The molecule has 7 heteroatoms. The average Bonchev–Trinajstić information content (AvgIpc) is 2.74. The Hall–Kier alpha value is -2.83. The van der Waals surface area contributed by atoms with Gasteiger partial charge in [-0.3, -0.25) is 4.79 Å². The highest BCUT2D eigenvalue weighted by atomic mass is 79.9. The lowest BCUT2D eigenvalue weighted by Crippen LogP contribution is -2.17. The Morgan fingerprint density at radius 1 is 1.14 bits per heavy atom. The number of methoxy groups -OCH3 is 1. The normalized spacial score (nSPS) is 10.7. The number of nitrogens with one attached hydrogen (secondary N) is 1. The molecule has 0 atom stereocenters. The average molecular weight is 474 g/mol. The molecule has 0 fully saturated rings. The van der Waals surface area contributed by atoms with Crippen molar-refractivity contribution in [2.75, 3.05) is 7.11 Å². The van der Waals surface area contributed by atoms with Gasteiger partial charge in [0, 0.05) is 16.1 Å². The topological polar surface area (TPSA) is 59.9 Å². The Balaban J connectivity index is 1.59. The van der Waals surface area contributed by atoms with Gasteiger partial charge in [0.1, 0.15) is 18.1 Å². The highest BCUT2D eigenvalue weighted by molar-refractivity contribution is 9.10. The van der Waals surface area contributed by atoms with Crippen molar-refractivity contribution in [2.24, 2.45) is 5.10 Å². The Labute approximate surface area is 182 Å². The monoisotopic (exact) mass is 472 g/mol. The number of rotatable bonds is 7. The summed E-state index contributed by atoms with van der Waals surface area (Å²) >= 11 is 9.64. The minimum atomic E-state index is -0.320. The number of amides is 1. The summed E-state index contributed by atoms with van der Waals surface area (Å²) in [4.78, 5) is 12.2. The zero-order valence-corrected chi connectivity index (χ0v) is 17.9. The van der Waals surface area contributed by atoms with E-state index in [2.05, 4.69) is 26.5 Å². The van der Waals surface area contributed by atoms with Crippen molar-refractivity contribution < 1.29 is 14.3 Å². The van der Waals surface area contributed by atoms with Crippen molar-refractivity contribution in [1.82, 2.24) is 5.43 Å². The lowest BCUT2D eigenvalue weighted by Gasteiger charge is -2.10. The molecule has 0 saturated carbocycles. The van der Waals surface area contributed by atoms with E-state index < -0.39 is 0 Å². The number of hydrogen-bond donors (Lipinski definition) is 1. The highest BCUT2D eigenvalue weighted by Gasteiger charge is 2.06. The van der Waals surface area contributed by atoms with Gasteiger partial charge in [0.15, 0.2) is 0 Å². The van der Waals surface area contributed by atoms with Crippen LogP contribution in [0.15, 0.2) is 76.3 Å². The molecule has 0 spiro atoms. The summed E-state index contributed by atoms with van der Waals surface area (Å²) in [5.74, 6) is 0.972. The number of ether oxygens (including phenoxy) is 2. The third-order valence-corrected chi connectivity index (χ3v) is 5.00. The van der Waals surface area contributed by atoms with E-state index in [9.17, 15) is 4.79 Å². The first-order chi connectivity index (χ1) is 14.1. The molecule has 0 heterocycles. The van der Waals surface area contributed by atoms with Gasteiger partial charge in [-0.05, 0) is 64.0 Å². The Morgan fingerprint density at radius 3 is 2.72 bits per heavy atom. The summed E-state index contributed by atoms with van der Waals surface area (Å²) in [5, 5.41) is 4.67. The van der Waals surface area contributed by atoms with E-state index in [0.717, 1.165) is 15.6 Å². The molecule has 0 aliphatic rings. The van der Waals surface area contributed by atoms with Gasteiger partial charge in [0.25, 0.3) is 5.91 Å². The standard InChI is InChI=1S/C22H18BrClN2O3/c1-28-18-7-4-6-16(12-18)22(27)26-25-13-15-9-10-21(19(23)11-15)29-14-17-5-2-3-8-20(17)24/h2-13H,14H2,1H3,(H,26,27)/b25-13+. The van der Waals surface area contributed by atoms with E-state index in [1.165, 1.54) is 0 Å². The lowest BCUT2D eigenvalue weighted by molar-refractivity contribution is 0.0955. The van der Waals surface area contributed by atoms with E-state index in [1.54, 1.807) is 37.6 Å². The number of carbonyl (C=O) groups is 1. The van der Waals surface area contributed by atoms with Crippen LogP contribution in [0.5, 0.6) is 11.5 Å². The molecule has 29 heavy (non-hydrogen) atoms. The van der Waals surface area contributed by atoms with Crippen molar-refractivity contribution in [3.05, 3.63) is 92.9 Å². The SMILES string of the molecule is COc1cccc(C(=O)N/N=C/c2ccc(OCc3ccccc3Cl)c(Br)c2)c1. The fourth-order valence-electron chi connectivity index (χ4n) is 2.48. The van der Waals surface area contributed by atoms with E-state index in [4.69, 9.17) is 21.1 Å². The van der Waals surface area contributed by atoms with Crippen LogP contribution in [0, 0.1) is 0 Å². The highest BCUT2D eigenvalue weighted by Crippen LogP contribution is 2.27. The van der Waals surface area contributed by atoms with Gasteiger partial charge in [-0.2, -0.15) is 5.10 Å². The number of benzene rings is 3. The molecule has 0 aliphatic carbocycles. The number of hydrazone groups is 1. The predicted molar refractivity (Wildman–Crippen MR) is 118 cm³/mol. The molecule has 0 aliphatic heterocycles. The maximum Gasteiger partial charge on any atom is 0.271 e. The molecular weight excluding hydrogens is 456 g/mol. The smallest absolute Gasteiger partial charge is 0.271 e. The van der Waals surface area contributed by atoms with Crippen molar-refractivity contribution >= 4 is 39.7 Å². The zero-order chi connectivity index (χ0) is 20.6. The third kappa shape index (κ3) is 5.82. The van der Waals surface area contributed by atoms with Crippen LogP contribution in [-0.4, -0.2) is 19.2 Å². The molecule has 1 N–H and O–H groups in total. The zero-order valence-electron chi connectivity index (χ0n) is 15.6. The number of hydrogen-bond acceptors (Lipinski definition) is 4. The Bertz CT molecular complexity index is 1040. The van der Waals surface area contributed by atoms with Gasteiger partial charge in [0.2, 0.25) is 0 Å². The lowest BCUT2D eigenvalue weighted by atomic mass is 10.2. The van der Waals surface area contributed by atoms with Crippen LogP contribution < -0.4 is 14.9 Å². The van der Waals surface area contributed by atoms with Gasteiger partial charge in [-0.1, -0.05) is 35.9 Å². The molecule has 3 aromatic rings. The predicted octanol–water partition coefficient (Wildman–Crippen LogP) is 5.45. The van der Waals surface area contributed by atoms with Crippen LogP contribution in [0.3, 0.4) is 0 Å². The second-order valence-corrected chi connectivity index (χ2v) is 7.26. The van der Waals surface area contributed by atoms with Crippen molar-refractivity contribution in [3.8, 4) is 11.5 Å².